The normalized spacial score (nSPS) is 33.6. The lowest BCUT2D eigenvalue weighted by Gasteiger charge is -2.39. The molecule has 0 aliphatic heterocycles. The monoisotopic (exact) mass is 290 g/mol. The number of fused-ring (bicyclic) bond motifs is 2. The van der Waals surface area contributed by atoms with Crippen molar-refractivity contribution in [1.29, 1.82) is 0 Å². The van der Waals surface area contributed by atoms with E-state index in [0.717, 1.165) is 12.2 Å². The molecule has 2 saturated carbocycles. The first-order valence-electron chi connectivity index (χ1n) is 7.99. The molecule has 116 valence electrons. The standard InChI is InChI=1S/C16H26N4O/c1-9(2)12-18-13(20-19-12)14(21)17-11-8-10-6-7-16(11,5)15(10,3)4/h9-11H,6-8H2,1-5H3,(H,17,21)(H,18,19,20). The SMILES string of the molecule is CC(C)c1nc(C(=O)NC2CC3CCC2(C)C3(C)C)n[nH]1. The van der Waals surface area contributed by atoms with Gasteiger partial charge in [0.1, 0.15) is 5.82 Å². The quantitative estimate of drug-likeness (QED) is 0.899. The highest BCUT2D eigenvalue weighted by atomic mass is 16.2. The van der Waals surface area contributed by atoms with E-state index in [-0.39, 0.29) is 29.1 Å². The smallest absolute Gasteiger partial charge is 0.291 e. The van der Waals surface area contributed by atoms with Gasteiger partial charge in [-0.3, -0.25) is 9.89 Å². The Kier molecular flexibility index (Phi) is 3.15. The number of rotatable bonds is 3. The largest absolute Gasteiger partial charge is 0.346 e. The maximum absolute atomic E-state index is 12.4. The van der Waals surface area contributed by atoms with Crippen LogP contribution in [-0.2, 0) is 0 Å². The summed E-state index contributed by atoms with van der Waals surface area (Å²) < 4.78 is 0. The fourth-order valence-corrected chi connectivity index (χ4v) is 4.28. The Morgan fingerprint density at radius 3 is 2.57 bits per heavy atom. The van der Waals surface area contributed by atoms with Gasteiger partial charge in [0, 0.05) is 12.0 Å². The van der Waals surface area contributed by atoms with Gasteiger partial charge in [0.25, 0.3) is 5.91 Å². The van der Waals surface area contributed by atoms with Crippen LogP contribution in [0.25, 0.3) is 0 Å². The van der Waals surface area contributed by atoms with E-state index in [1.54, 1.807) is 0 Å². The van der Waals surface area contributed by atoms with Crippen molar-refractivity contribution in [3.8, 4) is 0 Å². The number of aromatic amines is 1. The minimum atomic E-state index is -0.146. The van der Waals surface area contributed by atoms with Gasteiger partial charge in [-0.2, -0.15) is 0 Å². The van der Waals surface area contributed by atoms with E-state index in [1.807, 2.05) is 13.8 Å². The zero-order valence-corrected chi connectivity index (χ0v) is 13.7. The van der Waals surface area contributed by atoms with Gasteiger partial charge >= 0.3 is 0 Å². The maximum Gasteiger partial charge on any atom is 0.291 e. The van der Waals surface area contributed by atoms with E-state index in [1.165, 1.54) is 12.8 Å². The molecule has 21 heavy (non-hydrogen) atoms. The van der Waals surface area contributed by atoms with E-state index in [0.29, 0.717) is 11.3 Å². The molecular formula is C16H26N4O. The van der Waals surface area contributed by atoms with E-state index >= 15 is 0 Å². The third kappa shape index (κ3) is 2.00. The van der Waals surface area contributed by atoms with Gasteiger partial charge in [0.2, 0.25) is 5.82 Å². The lowest BCUT2D eigenvalue weighted by Crippen LogP contribution is -2.47. The first kappa shape index (κ1) is 14.5. The zero-order chi connectivity index (χ0) is 15.4. The predicted molar refractivity (Wildman–Crippen MR) is 81.0 cm³/mol. The zero-order valence-electron chi connectivity index (χ0n) is 13.7. The summed E-state index contributed by atoms with van der Waals surface area (Å²) in [4.78, 5) is 16.7. The molecule has 0 saturated heterocycles. The molecule has 0 aromatic carbocycles. The number of aromatic nitrogens is 3. The molecule has 1 heterocycles. The highest BCUT2D eigenvalue weighted by Gasteiger charge is 2.61. The lowest BCUT2D eigenvalue weighted by atomic mass is 9.69. The first-order chi connectivity index (χ1) is 9.75. The van der Waals surface area contributed by atoms with Crippen LogP contribution < -0.4 is 5.32 Å². The fraction of sp³-hybridized carbons (Fsp3) is 0.812. The van der Waals surface area contributed by atoms with Crippen molar-refractivity contribution >= 4 is 5.91 Å². The summed E-state index contributed by atoms with van der Waals surface area (Å²) in [6, 6.07) is 0.236. The Morgan fingerprint density at radius 1 is 1.38 bits per heavy atom. The van der Waals surface area contributed by atoms with Crippen molar-refractivity contribution < 1.29 is 4.79 Å². The van der Waals surface area contributed by atoms with Crippen LogP contribution in [0.5, 0.6) is 0 Å². The molecule has 5 nitrogen and oxygen atoms in total. The lowest BCUT2D eigenvalue weighted by molar-refractivity contribution is 0.0817. The molecule has 0 spiro atoms. The van der Waals surface area contributed by atoms with Gasteiger partial charge in [-0.05, 0) is 36.0 Å². The van der Waals surface area contributed by atoms with E-state index in [4.69, 9.17) is 0 Å². The topological polar surface area (TPSA) is 70.7 Å². The van der Waals surface area contributed by atoms with Gasteiger partial charge in [0.15, 0.2) is 0 Å². The molecule has 2 N–H and O–H groups in total. The van der Waals surface area contributed by atoms with Crippen LogP contribution in [0.15, 0.2) is 0 Å². The van der Waals surface area contributed by atoms with E-state index in [2.05, 4.69) is 41.3 Å². The van der Waals surface area contributed by atoms with Crippen molar-refractivity contribution in [3.63, 3.8) is 0 Å². The number of hydrogen-bond donors (Lipinski definition) is 2. The summed E-state index contributed by atoms with van der Waals surface area (Å²) in [6.07, 6.45) is 3.56. The Labute approximate surface area is 126 Å². The first-order valence-corrected chi connectivity index (χ1v) is 7.99. The number of H-pyrrole nitrogens is 1. The van der Waals surface area contributed by atoms with Gasteiger partial charge in [-0.25, -0.2) is 4.98 Å². The fourth-order valence-electron chi connectivity index (χ4n) is 4.28. The molecule has 1 amide bonds. The third-order valence-corrected chi connectivity index (χ3v) is 6.35. The van der Waals surface area contributed by atoms with Gasteiger partial charge in [0.05, 0.1) is 0 Å². The number of carbonyl (C=O) groups excluding carboxylic acids is 1. The average molecular weight is 290 g/mol. The molecule has 3 unspecified atom stereocenters. The molecule has 1 aromatic heterocycles. The predicted octanol–water partition coefficient (Wildman–Crippen LogP) is 2.87. The molecular weight excluding hydrogens is 264 g/mol. The van der Waals surface area contributed by atoms with Crippen LogP contribution in [0.4, 0.5) is 0 Å². The molecule has 2 bridgehead atoms. The number of nitrogens with zero attached hydrogens (tertiary/aromatic N) is 2. The Morgan fingerprint density at radius 2 is 2.10 bits per heavy atom. The minimum absolute atomic E-state index is 0.146. The van der Waals surface area contributed by atoms with Crippen LogP contribution in [-0.4, -0.2) is 27.1 Å². The number of amides is 1. The second-order valence-corrected chi connectivity index (χ2v) is 7.84. The molecule has 0 radical (unpaired) electrons. The summed E-state index contributed by atoms with van der Waals surface area (Å²) in [6.45, 7) is 11.1. The number of carbonyl (C=O) groups is 1. The minimum Gasteiger partial charge on any atom is -0.346 e. The number of nitrogens with one attached hydrogen (secondary N) is 2. The Bertz CT molecular complexity index is 562. The highest BCUT2D eigenvalue weighted by Crippen LogP contribution is 2.65. The summed E-state index contributed by atoms with van der Waals surface area (Å²) >= 11 is 0. The van der Waals surface area contributed by atoms with Gasteiger partial charge in [-0.15, -0.1) is 5.10 Å². The van der Waals surface area contributed by atoms with Crippen molar-refractivity contribution in [2.24, 2.45) is 16.7 Å². The molecule has 2 fully saturated rings. The summed E-state index contributed by atoms with van der Waals surface area (Å²) in [5.74, 6) is 1.85. The Hall–Kier alpha value is -1.39. The maximum atomic E-state index is 12.4. The second kappa shape index (κ2) is 4.55. The summed E-state index contributed by atoms with van der Waals surface area (Å²) in [5.41, 5.74) is 0.484. The van der Waals surface area contributed by atoms with Crippen LogP contribution in [0, 0.1) is 16.7 Å². The van der Waals surface area contributed by atoms with E-state index in [9.17, 15) is 4.79 Å². The second-order valence-electron chi connectivity index (χ2n) is 7.84. The molecule has 5 heteroatoms. The third-order valence-electron chi connectivity index (χ3n) is 6.35. The molecule has 3 atom stereocenters. The van der Waals surface area contributed by atoms with Gasteiger partial charge in [-0.1, -0.05) is 34.6 Å². The Balaban J connectivity index is 1.74. The van der Waals surface area contributed by atoms with Crippen molar-refractivity contribution in [3.05, 3.63) is 11.6 Å². The summed E-state index contributed by atoms with van der Waals surface area (Å²) in [5, 5.41) is 10.1. The highest BCUT2D eigenvalue weighted by molar-refractivity contribution is 5.90. The van der Waals surface area contributed by atoms with Crippen LogP contribution in [0.2, 0.25) is 0 Å². The van der Waals surface area contributed by atoms with Crippen LogP contribution in [0.1, 0.15) is 76.2 Å². The number of hydrogen-bond acceptors (Lipinski definition) is 3. The molecule has 2 aliphatic carbocycles. The van der Waals surface area contributed by atoms with Crippen molar-refractivity contribution in [2.75, 3.05) is 0 Å². The summed E-state index contributed by atoms with van der Waals surface area (Å²) in [7, 11) is 0. The molecule has 3 rings (SSSR count). The average Bonchev–Trinajstić information content (AvgIpc) is 3.02. The van der Waals surface area contributed by atoms with Crippen LogP contribution in [0.3, 0.4) is 0 Å². The van der Waals surface area contributed by atoms with E-state index < -0.39 is 0 Å². The van der Waals surface area contributed by atoms with Crippen molar-refractivity contribution in [1.82, 2.24) is 20.5 Å². The van der Waals surface area contributed by atoms with Crippen molar-refractivity contribution in [2.45, 2.75) is 65.8 Å². The van der Waals surface area contributed by atoms with Gasteiger partial charge < -0.3 is 5.32 Å². The molecule has 1 aromatic rings. The molecule has 2 aliphatic rings. The van der Waals surface area contributed by atoms with Crippen LogP contribution >= 0.6 is 0 Å².